The molecule has 0 aliphatic heterocycles. The second kappa shape index (κ2) is 9.26. The first-order valence-electron chi connectivity index (χ1n) is 9.41. The smallest absolute Gasteiger partial charge is 0.319 e. The van der Waals surface area contributed by atoms with Crippen LogP contribution in [0.2, 0.25) is 0 Å². The van der Waals surface area contributed by atoms with Gasteiger partial charge in [0.2, 0.25) is 0 Å². The number of nitrogens with one attached hydrogen (secondary N) is 3. The van der Waals surface area contributed by atoms with Gasteiger partial charge >= 0.3 is 6.03 Å². The van der Waals surface area contributed by atoms with Crippen molar-refractivity contribution < 1.29 is 9.59 Å². The zero-order valence-corrected chi connectivity index (χ0v) is 17.2. The van der Waals surface area contributed by atoms with Gasteiger partial charge in [-0.05, 0) is 58.0 Å². The zero-order valence-electron chi connectivity index (χ0n) is 17.2. The van der Waals surface area contributed by atoms with Crippen LogP contribution in [0.5, 0.6) is 0 Å². The molecule has 2 aromatic carbocycles. The van der Waals surface area contributed by atoms with Crippen LogP contribution in [0.4, 0.5) is 16.2 Å². The van der Waals surface area contributed by atoms with E-state index in [-0.39, 0.29) is 23.5 Å². The van der Waals surface area contributed by atoms with Gasteiger partial charge in [0.15, 0.2) is 0 Å². The SMILES string of the molecule is CC(CNC(=O)Nc1cccc(C(=O)NC(C)(C)C)c1)N(C)c1ccccc1. The molecule has 28 heavy (non-hydrogen) atoms. The van der Waals surface area contributed by atoms with Gasteiger partial charge in [0.25, 0.3) is 5.91 Å². The van der Waals surface area contributed by atoms with Gasteiger partial charge in [-0.15, -0.1) is 0 Å². The van der Waals surface area contributed by atoms with Gasteiger partial charge < -0.3 is 20.9 Å². The third-order valence-corrected chi connectivity index (χ3v) is 4.25. The number of carbonyl (C=O) groups excluding carboxylic acids is 2. The number of likely N-dealkylation sites (N-methyl/N-ethyl adjacent to an activating group) is 1. The molecule has 0 aliphatic rings. The van der Waals surface area contributed by atoms with Gasteiger partial charge in [-0.2, -0.15) is 0 Å². The molecule has 0 aromatic heterocycles. The van der Waals surface area contributed by atoms with Gasteiger partial charge in [-0.3, -0.25) is 4.79 Å². The molecule has 150 valence electrons. The fraction of sp³-hybridized carbons (Fsp3) is 0.364. The summed E-state index contributed by atoms with van der Waals surface area (Å²) in [6.07, 6.45) is 0. The Bertz CT molecular complexity index is 800. The summed E-state index contributed by atoms with van der Waals surface area (Å²) < 4.78 is 0. The Hall–Kier alpha value is -3.02. The monoisotopic (exact) mass is 382 g/mol. The number of benzene rings is 2. The number of anilines is 2. The maximum absolute atomic E-state index is 12.3. The van der Waals surface area contributed by atoms with Crippen LogP contribution in [0.15, 0.2) is 54.6 Å². The highest BCUT2D eigenvalue weighted by Crippen LogP contribution is 2.14. The molecule has 0 radical (unpaired) electrons. The standard InChI is InChI=1S/C22H30N4O2/c1-16(26(5)19-12-7-6-8-13-19)15-23-21(28)24-18-11-9-10-17(14-18)20(27)25-22(2,3)4/h6-14,16H,15H2,1-5H3,(H,25,27)(H2,23,24,28). The Morgan fingerprint density at radius 3 is 2.36 bits per heavy atom. The van der Waals surface area contributed by atoms with Crippen molar-refractivity contribution in [2.75, 3.05) is 23.8 Å². The lowest BCUT2D eigenvalue weighted by atomic mass is 10.1. The molecule has 6 heteroatoms. The van der Waals surface area contributed by atoms with Crippen LogP contribution in [0.3, 0.4) is 0 Å². The van der Waals surface area contributed by atoms with Gasteiger partial charge in [-0.1, -0.05) is 24.3 Å². The normalized spacial score (nSPS) is 12.0. The Morgan fingerprint density at radius 1 is 1.04 bits per heavy atom. The third kappa shape index (κ3) is 6.61. The van der Waals surface area contributed by atoms with Crippen LogP contribution >= 0.6 is 0 Å². The van der Waals surface area contributed by atoms with E-state index in [1.54, 1.807) is 24.3 Å². The van der Waals surface area contributed by atoms with Crippen LogP contribution in [0.1, 0.15) is 38.1 Å². The molecule has 0 heterocycles. The first-order chi connectivity index (χ1) is 13.2. The summed E-state index contributed by atoms with van der Waals surface area (Å²) in [7, 11) is 2.00. The third-order valence-electron chi connectivity index (χ3n) is 4.25. The maximum Gasteiger partial charge on any atom is 0.319 e. The van der Waals surface area contributed by atoms with Gasteiger partial charge in [0.1, 0.15) is 0 Å². The van der Waals surface area contributed by atoms with Crippen molar-refractivity contribution in [1.29, 1.82) is 0 Å². The molecule has 2 aromatic rings. The minimum Gasteiger partial charge on any atom is -0.370 e. The average Bonchev–Trinajstić information content (AvgIpc) is 2.65. The lowest BCUT2D eigenvalue weighted by Gasteiger charge is -2.27. The molecule has 0 fully saturated rings. The highest BCUT2D eigenvalue weighted by molar-refractivity contribution is 5.97. The van der Waals surface area contributed by atoms with E-state index in [9.17, 15) is 9.59 Å². The van der Waals surface area contributed by atoms with E-state index in [0.717, 1.165) is 5.69 Å². The molecule has 0 spiro atoms. The molecule has 1 atom stereocenters. The molecule has 0 bridgehead atoms. The minimum absolute atomic E-state index is 0.122. The lowest BCUT2D eigenvalue weighted by molar-refractivity contribution is 0.0919. The zero-order chi connectivity index (χ0) is 20.7. The Labute approximate surface area is 167 Å². The number of para-hydroxylation sites is 1. The number of hydrogen-bond acceptors (Lipinski definition) is 3. The number of amides is 3. The van der Waals surface area contributed by atoms with Crippen molar-refractivity contribution in [2.24, 2.45) is 0 Å². The van der Waals surface area contributed by atoms with Crippen LogP contribution in [0.25, 0.3) is 0 Å². The van der Waals surface area contributed by atoms with Crippen molar-refractivity contribution in [3.05, 3.63) is 60.2 Å². The Morgan fingerprint density at radius 2 is 1.71 bits per heavy atom. The summed E-state index contributed by atoms with van der Waals surface area (Å²) in [6.45, 7) is 8.31. The number of carbonyl (C=O) groups is 2. The van der Waals surface area contributed by atoms with Crippen molar-refractivity contribution in [3.8, 4) is 0 Å². The molecule has 2 rings (SSSR count). The van der Waals surface area contributed by atoms with Crippen LogP contribution < -0.4 is 20.9 Å². The first kappa shape index (κ1) is 21.3. The number of rotatable bonds is 6. The fourth-order valence-electron chi connectivity index (χ4n) is 2.62. The summed E-state index contributed by atoms with van der Waals surface area (Å²) in [5, 5.41) is 8.57. The molecule has 0 aliphatic carbocycles. The van der Waals surface area contributed by atoms with E-state index in [1.165, 1.54) is 0 Å². The first-order valence-corrected chi connectivity index (χ1v) is 9.41. The van der Waals surface area contributed by atoms with Gasteiger partial charge in [-0.25, -0.2) is 4.79 Å². The number of urea groups is 1. The predicted octanol–water partition coefficient (Wildman–Crippen LogP) is 3.86. The van der Waals surface area contributed by atoms with E-state index in [2.05, 4.69) is 20.9 Å². The second-order valence-electron chi connectivity index (χ2n) is 7.92. The van der Waals surface area contributed by atoms with Crippen molar-refractivity contribution in [1.82, 2.24) is 10.6 Å². The molecule has 0 saturated heterocycles. The Kier molecular flexibility index (Phi) is 7.04. The number of hydrogen-bond donors (Lipinski definition) is 3. The lowest BCUT2D eigenvalue weighted by Crippen LogP contribution is -2.42. The maximum atomic E-state index is 12.3. The average molecular weight is 383 g/mol. The summed E-state index contributed by atoms with van der Waals surface area (Å²) in [6, 6.07) is 16.7. The summed E-state index contributed by atoms with van der Waals surface area (Å²) in [5.41, 5.74) is 1.85. The molecule has 3 amide bonds. The molecular formula is C22H30N4O2. The van der Waals surface area contributed by atoms with E-state index < -0.39 is 0 Å². The topological polar surface area (TPSA) is 73.5 Å². The largest absolute Gasteiger partial charge is 0.370 e. The van der Waals surface area contributed by atoms with Crippen molar-refractivity contribution >= 4 is 23.3 Å². The predicted molar refractivity (Wildman–Crippen MR) is 115 cm³/mol. The highest BCUT2D eigenvalue weighted by atomic mass is 16.2. The van der Waals surface area contributed by atoms with Crippen LogP contribution in [-0.4, -0.2) is 37.1 Å². The summed E-state index contributed by atoms with van der Waals surface area (Å²) in [5.74, 6) is -0.172. The van der Waals surface area contributed by atoms with Crippen molar-refractivity contribution in [2.45, 2.75) is 39.3 Å². The Balaban J connectivity index is 1.89. The van der Waals surface area contributed by atoms with Gasteiger partial charge in [0.05, 0.1) is 0 Å². The fourth-order valence-corrected chi connectivity index (χ4v) is 2.62. The summed E-state index contributed by atoms with van der Waals surface area (Å²) >= 11 is 0. The quantitative estimate of drug-likeness (QED) is 0.710. The molecule has 6 nitrogen and oxygen atoms in total. The van der Waals surface area contributed by atoms with Gasteiger partial charge in [0, 0.05) is 42.1 Å². The van der Waals surface area contributed by atoms with Crippen molar-refractivity contribution in [3.63, 3.8) is 0 Å². The van der Waals surface area contributed by atoms with E-state index in [4.69, 9.17) is 0 Å². The summed E-state index contributed by atoms with van der Waals surface area (Å²) in [4.78, 5) is 26.6. The van der Waals surface area contributed by atoms with Crippen LogP contribution in [0, 0.1) is 0 Å². The van der Waals surface area contributed by atoms with Crippen LogP contribution in [-0.2, 0) is 0 Å². The number of nitrogens with zero attached hydrogens (tertiary/aromatic N) is 1. The van der Waals surface area contributed by atoms with E-state index in [1.807, 2.05) is 65.1 Å². The molecule has 1 unspecified atom stereocenters. The molecular weight excluding hydrogens is 352 g/mol. The second-order valence-corrected chi connectivity index (χ2v) is 7.92. The van der Waals surface area contributed by atoms with E-state index >= 15 is 0 Å². The van der Waals surface area contributed by atoms with E-state index in [0.29, 0.717) is 17.8 Å². The highest BCUT2D eigenvalue weighted by Gasteiger charge is 2.16. The molecule has 3 N–H and O–H groups in total. The minimum atomic E-state index is -0.321. The molecule has 0 saturated carbocycles.